The summed E-state index contributed by atoms with van der Waals surface area (Å²) < 4.78 is 42.9. The molecule has 0 aliphatic heterocycles. The smallest absolute Gasteiger partial charge is 0.417 e. The first kappa shape index (κ1) is 15.8. The third-order valence-electron chi connectivity index (χ3n) is 2.75. The number of esters is 1. The van der Waals surface area contributed by atoms with Crippen LogP contribution in [0.15, 0.2) is 18.2 Å². The van der Waals surface area contributed by atoms with Gasteiger partial charge in [-0.1, -0.05) is 0 Å². The Labute approximate surface area is 114 Å². The second kappa shape index (κ2) is 6.28. The van der Waals surface area contributed by atoms with Crippen molar-refractivity contribution >= 4 is 11.7 Å². The minimum atomic E-state index is -4.59. The van der Waals surface area contributed by atoms with Crippen LogP contribution in [0.25, 0.3) is 0 Å². The van der Waals surface area contributed by atoms with Crippen molar-refractivity contribution in [1.29, 1.82) is 5.26 Å². The number of hydrogen-bond acceptors (Lipinski definition) is 4. The minimum Gasteiger partial charge on any atom is -0.469 e. The highest BCUT2D eigenvalue weighted by Crippen LogP contribution is 2.34. The predicted octanol–water partition coefficient (Wildman–Crippen LogP) is 2.58. The van der Waals surface area contributed by atoms with Crippen molar-refractivity contribution in [2.45, 2.75) is 12.6 Å². The van der Waals surface area contributed by atoms with E-state index >= 15 is 0 Å². The number of alkyl halides is 3. The van der Waals surface area contributed by atoms with Gasteiger partial charge in [0.15, 0.2) is 0 Å². The van der Waals surface area contributed by atoms with E-state index in [1.54, 1.807) is 7.05 Å². The number of nitriles is 1. The number of nitrogens with zero attached hydrogens (tertiary/aromatic N) is 2. The average Bonchev–Trinajstić information content (AvgIpc) is 2.42. The molecule has 0 spiro atoms. The molecule has 0 aliphatic carbocycles. The number of rotatable bonds is 4. The van der Waals surface area contributed by atoms with Gasteiger partial charge >= 0.3 is 12.1 Å². The number of ether oxygens (including phenoxy) is 1. The summed E-state index contributed by atoms with van der Waals surface area (Å²) in [7, 11) is 2.80. The first-order valence-corrected chi connectivity index (χ1v) is 5.69. The number of carbonyl (C=O) groups excluding carboxylic acids is 1. The van der Waals surface area contributed by atoms with Crippen molar-refractivity contribution in [2.24, 2.45) is 0 Å². The van der Waals surface area contributed by atoms with Gasteiger partial charge in [-0.25, -0.2) is 0 Å². The molecule has 1 aromatic carbocycles. The van der Waals surface area contributed by atoms with Crippen molar-refractivity contribution in [1.82, 2.24) is 0 Å². The number of benzene rings is 1. The lowest BCUT2D eigenvalue weighted by molar-refractivity contribution is -0.140. The maximum atomic E-state index is 12.8. The molecular formula is C13H13F3N2O2. The third-order valence-corrected chi connectivity index (χ3v) is 2.75. The van der Waals surface area contributed by atoms with E-state index < -0.39 is 23.3 Å². The molecule has 0 bridgehead atoms. The van der Waals surface area contributed by atoms with Gasteiger partial charge in [-0.2, -0.15) is 18.4 Å². The highest BCUT2D eigenvalue weighted by Gasteiger charge is 2.34. The Bertz CT molecular complexity index is 535. The van der Waals surface area contributed by atoms with E-state index in [-0.39, 0.29) is 18.7 Å². The quantitative estimate of drug-likeness (QED) is 0.798. The number of halogens is 3. The molecule has 0 saturated heterocycles. The van der Waals surface area contributed by atoms with Crippen LogP contribution in [0.4, 0.5) is 18.9 Å². The summed E-state index contributed by atoms with van der Waals surface area (Å²) in [4.78, 5) is 12.5. The summed E-state index contributed by atoms with van der Waals surface area (Å²) in [6.45, 7) is 0.218. The van der Waals surface area contributed by atoms with Gasteiger partial charge in [-0.15, -0.1) is 0 Å². The van der Waals surface area contributed by atoms with Crippen LogP contribution >= 0.6 is 0 Å². The van der Waals surface area contributed by atoms with Crippen molar-refractivity contribution in [3.05, 3.63) is 29.3 Å². The predicted molar refractivity (Wildman–Crippen MR) is 66.1 cm³/mol. The van der Waals surface area contributed by atoms with Crippen LogP contribution in [0, 0.1) is 11.3 Å². The molecule has 1 rings (SSSR count). The van der Waals surface area contributed by atoms with E-state index in [1.165, 1.54) is 24.1 Å². The number of carbonyl (C=O) groups is 1. The summed E-state index contributed by atoms with van der Waals surface area (Å²) >= 11 is 0. The highest BCUT2D eigenvalue weighted by molar-refractivity contribution is 5.70. The van der Waals surface area contributed by atoms with Gasteiger partial charge in [0.25, 0.3) is 0 Å². The van der Waals surface area contributed by atoms with E-state index in [2.05, 4.69) is 4.74 Å². The summed E-state index contributed by atoms with van der Waals surface area (Å²) in [6, 6.07) is 4.94. The van der Waals surface area contributed by atoms with Gasteiger partial charge in [0.05, 0.1) is 30.7 Å². The largest absolute Gasteiger partial charge is 0.469 e. The zero-order chi connectivity index (χ0) is 15.3. The van der Waals surface area contributed by atoms with Gasteiger partial charge in [-0.05, 0) is 18.2 Å². The highest BCUT2D eigenvalue weighted by atomic mass is 19.4. The molecule has 0 aliphatic rings. The Morgan fingerprint density at radius 1 is 1.45 bits per heavy atom. The van der Waals surface area contributed by atoms with Gasteiger partial charge in [0.1, 0.15) is 0 Å². The molecule has 108 valence electrons. The van der Waals surface area contributed by atoms with Crippen molar-refractivity contribution in [3.63, 3.8) is 0 Å². The molecule has 0 N–H and O–H groups in total. The first-order chi connectivity index (χ1) is 9.29. The molecule has 0 heterocycles. The molecule has 0 unspecified atom stereocenters. The molecule has 7 heteroatoms. The molecule has 0 saturated carbocycles. The van der Waals surface area contributed by atoms with E-state index in [1.807, 2.05) is 0 Å². The zero-order valence-electron chi connectivity index (χ0n) is 11.0. The summed E-state index contributed by atoms with van der Waals surface area (Å²) in [5.74, 6) is -0.443. The molecule has 1 aromatic rings. The Morgan fingerprint density at radius 3 is 2.60 bits per heavy atom. The molecule has 0 aromatic heterocycles. The topological polar surface area (TPSA) is 53.3 Å². The van der Waals surface area contributed by atoms with Crippen molar-refractivity contribution in [2.75, 3.05) is 25.6 Å². The molecule has 0 fully saturated rings. The number of methoxy groups -OCH3 is 1. The van der Waals surface area contributed by atoms with Crippen LogP contribution in [0.5, 0.6) is 0 Å². The second-order valence-corrected chi connectivity index (χ2v) is 4.09. The van der Waals surface area contributed by atoms with E-state index in [4.69, 9.17) is 5.26 Å². The fourth-order valence-corrected chi connectivity index (χ4v) is 1.59. The van der Waals surface area contributed by atoms with E-state index in [9.17, 15) is 18.0 Å². The lowest BCUT2D eigenvalue weighted by Crippen LogP contribution is -2.22. The Balaban J connectivity index is 2.98. The van der Waals surface area contributed by atoms with Crippen molar-refractivity contribution < 1.29 is 22.7 Å². The normalized spacial score (nSPS) is 10.8. The summed E-state index contributed by atoms with van der Waals surface area (Å²) in [6.07, 6.45) is -4.53. The molecule has 20 heavy (non-hydrogen) atoms. The van der Waals surface area contributed by atoms with Crippen LogP contribution in [0.2, 0.25) is 0 Å². The average molecular weight is 286 g/mol. The zero-order valence-corrected chi connectivity index (χ0v) is 11.0. The molecule has 0 atom stereocenters. The molecular weight excluding hydrogens is 273 g/mol. The lowest BCUT2D eigenvalue weighted by atomic mass is 10.1. The number of hydrogen-bond donors (Lipinski definition) is 0. The van der Waals surface area contributed by atoms with Crippen molar-refractivity contribution in [3.8, 4) is 6.07 Å². The molecule has 4 nitrogen and oxygen atoms in total. The standard InChI is InChI=1S/C13H13F3N2O2/c1-18(6-5-12(19)20-2)10-4-3-9(8-17)11(7-10)13(14,15)16/h3-4,7H,5-6H2,1-2H3. The Kier molecular flexibility index (Phi) is 4.97. The monoisotopic (exact) mass is 286 g/mol. The van der Waals surface area contributed by atoms with Crippen LogP contribution in [-0.4, -0.2) is 26.7 Å². The number of anilines is 1. The van der Waals surface area contributed by atoms with E-state index in [0.717, 1.165) is 12.1 Å². The van der Waals surface area contributed by atoms with Gasteiger partial charge < -0.3 is 9.64 Å². The fraction of sp³-hybridized carbons (Fsp3) is 0.385. The summed E-state index contributed by atoms with van der Waals surface area (Å²) in [5.41, 5.74) is -1.13. The summed E-state index contributed by atoms with van der Waals surface area (Å²) in [5, 5.41) is 8.69. The van der Waals surface area contributed by atoms with Crippen LogP contribution in [0.1, 0.15) is 17.5 Å². The SMILES string of the molecule is COC(=O)CCN(C)c1ccc(C#N)c(C(F)(F)F)c1. The van der Waals surface area contributed by atoms with E-state index in [0.29, 0.717) is 0 Å². The molecule has 0 radical (unpaired) electrons. The molecule has 0 amide bonds. The Hall–Kier alpha value is -2.23. The second-order valence-electron chi connectivity index (χ2n) is 4.09. The first-order valence-electron chi connectivity index (χ1n) is 5.69. The maximum absolute atomic E-state index is 12.8. The van der Waals surface area contributed by atoms with Crippen LogP contribution < -0.4 is 4.90 Å². The lowest BCUT2D eigenvalue weighted by Gasteiger charge is -2.20. The van der Waals surface area contributed by atoms with Gasteiger partial charge in [0, 0.05) is 19.3 Å². The van der Waals surface area contributed by atoms with Gasteiger partial charge in [0.2, 0.25) is 0 Å². The maximum Gasteiger partial charge on any atom is 0.417 e. The minimum absolute atomic E-state index is 0.0638. The van der Waals surface area contributed by atoms with Gasteiger partial charge in [-0.3, -0.25) is 4.79 Å². The fourth-order valence-electron chi connectivity index (χ4n) is 1.59. The van der Waals surface area contributed by atoms with Crippen LogP contribution in [0.3, 0.4) is 0 Å². The Morgan fingerprint density at radius 2 is 2.10 bits per heavy atom. The third kappa shape index (κ3) is 3.88. The van der Waals surface area contributed by atoms with Crippen LogP contribution in [-0.2, 0) is 15.7 Å².